The molecule has 0 atom stereocenters. The van der Waals surface area contributed by atoms with Crippen LogP contribution in [0.4, 0.5) is 4.79 Å². The number of nitrogens with zero attached hydrogens (tertiary/aromatic N) is 3. The Kier molecular flexibility index (Phi) is 6.65. The molecule has 3 heterocycles. The number of nitrogens with one attached hydrogen (secondary N) is 2. The van der Waals surface area contributed by atoms with Gasteiger partial charge in [-0.05, 0) is 58.0 Å². The maximum atomic E-state index is 12.8. The van der Waals surface area contributed by atoms with E-state index >= 15 is 0 Å². The number of imide groups is 1. The van der Waals surface area contributed by atoms with Gasteiger partial charge in [-0.1, -0.05) is 18.2 Å². The number of carbonyl (C=O) groups is 3. The highest BCUT2D eigenvalue weighted by molar-refractivity contribution is 6.21. The van der Waals surface area contributed by atoms with Gasteiger partial charge in [-0.25, -0.2) is 9.78 Å². The maximum Gasteiger partial charge on any atom is 0.407 e. The summed E-state index contributed by atoms with van der Waals surface area (Å²) in [5, 5.41) is 6.11. The Morgan fingerprint density at radius 2 is 1.68 bits per heavy atom. The van der Waals surface area contributed by atoms with Crippen LogP contribution in [0.5, 0.6) is 0 Å². The van der Waals surface area contributed by atoms with Crippen molar-refractivity contribution in [1.29, 1.82) is 0 Å². The fourth-order valence-electron chi connectivity index (χ4n) is 3.87. The predicted molar refractivity (Wildman–Crippen MR) is 126 cm³/mol. The number of benzene rings is 1. The molecule has 3 amide bonds. The number of rotatable bonds is 8. The third kappa shape index (κ3) is 5.09. The van der Waals surface area contributed by atoms with Gasteiger partial charge in [0.25, 0.3) is 11.8 Å². The van der Waals surface area contributed by atoms with Gasteiger partial charge in [0, 0.05) is 19.3 Å². The molecule has 9 heteroatoms. The third-order valence-corrected chi connectivity index (χ3v) is 5.39. The molecule has 0 bridgehead atoms. The van der Waals surface area contributed by atoms with Crippen molar-refractivity contribution in [3.05, 3.63) is 71.2 Å². The minimum absolute atomic E-state index is 0.102. The summed E-state index contributed by atoms with van der Waals surface area (Å²) in [5.41, 5.74) is 2.62. The molecular formula is C25H29N5O4. The van der Waals surface area contributed by atoms with Crippen LogP contribution in [-0.2, 0) is 17.8 Å². The van der Waals surface area contributed by atoms with E-state index in [9.17, 15) is 14.4 Å². The van der Waals surface area contributed by atoms with Gasteiger partial charge in [0.05, 0.1) is 29.1 Å². The predicted octanol–water partition coefficient (Wildman–Crippen LogP) is 3.13. The van der Waals surface area contributed by atoms with E-state index in [1.807, 2.05) is 49.6 Å². The second-order valence-electron chi connectivity index (χ2n) is 9.14. The molecule has 4 rings (SSSR count). The topological polar surface area (TPSA) is 105 Å². The fraction of sp³-hybridized carbons (Fsp3) is 0.360. The van der Waals surface area contributed by atoms with Gasteiger partial charge in [-0.2, -0.15) is 0 Å². The van der Waals surface area contributed by atoms with E-state index in [-0.39, 0.29) is 18.4 Å². The number of imidazole rings is 1. The summed E-state index contributed by atoms with van der Waals surface area (Å²) in [7, 11) is 0. The molecule has 1 aromatic carbocycles. The molecule has 3 aromatic rings. The lowest BCUT2D eigenvalue weighted by molar-refractivity contribution is 0.0525. The van der Waals surface area contributed by atoms with Crippen LogP contribution in [0.15, 0.2) is 48.7 Å². The molecule has 0 fully saturated rings. The van der Waals surface area contributed by atoms with Crippen molar-refractivity contribution in [2.24, 2.45) is 0 Å². The van der Waals surface area contributed by atoms with Gasteiger partial charge in [-0.3, -0.25) is 14.5 Å². The minimum Gasteiger partial charge on any atom is -0.444 e. The van der Waals surface area contributed by atoms with Crippen LogP contribution in [0, 0.1) is 0 Å². The average molecular weight is 464 g/mol. The number of alkyl carbamates (subject to hydrolysis) is 1. The Morgan fingerprint density at radius 1 is 1.00 bits per heavy atom. The zero-order valence-electron chi connectivity index (χ0n) is 19.6. The normalized spacial score (nSPS) is 13.4. The minimum atomic E-state index is -0.527. The van der Waals surface area contributed by atoms with Crippen LogP contribution in [0.25, 0.3) is 5.65 Å². The first-order chi connectivity index (χ1) is 16.2. The smallest absolute Gasteiger partial charge is 0.407 e. The summed E-state index contributed by atoms with van der Waals surface area (Å²) < 4.78 is 7.19. The highest BCUT2D eigenvalue weighted by atomic mass is 16.6. The van der Waals surface area contributed by atoms with Crippen LogP contribution in [0.3, 0.4) is 0 Å². The maximum absolute atomic E-state index is 12.8. The molecule has 2 N–H and O–H groups in total. The monoisotopic (exact) mass is 463 g/mol. The van der Waals surface area contributed by atoms with E-state index in [2.05, 4.69) is 15.6 Å². The highest BCUT2D eigenvalue weighted by Gasteiger charge is 2.36. The Morgan fingerprint density at radius 3 is 2.35 bits per heavy atom. The van der Waals surface area contributed by atoms with Crippen molar-refractivity contribution in [2.45, 2.75) is 45.9 Å². The number of pyridine rings is 1. The van der Waals surface area contributed by atoms with Crippen LogP contribution in [-0.4, -0.2) is 50.9 Å². The van der Waals surface area contributed by atoms with Crippen molar-refractivity contribution in [1.82, 2.24) is 24.9 Å². The van der Waals surface area contributed by atoms with Crippen LogP contribution >= 0.6 is 0 Å². The van der Waals surface area contributed by atoms with Gasteiger partial charge in [0.15, 0.2) is 0 Å². The summed E-state index contributed by atoms with van der Waals surface area (Å²) in [5.74, 6) is -0.602. The lowest BCUT2D eigenvalue weighted by Gasteiger charge is -2.19. The molecule has 0 aliphatic carbocycles. The number of hydrogen-bond acceptors (Lipinski definition) is 6. The van der Waals surface area contributed by atoms with E-state index in [0.717, 1.165) is 11.3 Å². The Bertz CT molecular complexity index is 1190. The summed E-state index contributed by atoms with van der Waals surface area (Å²) in [6, 6.07) is 12.6. The fourth-order valence-corrected chi connectivity index (χ4v) is 3.87. The number of aromatic nitrogens is 2. The SMILES string of the molecule is CC(C)(C)OC(=O)NCCCNCc1c(CN2C(=O)c3ccccc3C2=O)nc2ccccn12. The molecule has 0 saturated carbocycles. The molecule has 1 aliphatic heterocycles. The molecule has 34 heavy (non-hydrogen) atoms. The standard InChI is InChI=1S/C25H29N5O4/c1-25(2,3)34-24(33)27-13-8-12-26-15-20-19(28-21-11-6-7-14-29(20)21)16-30-22(31)17-9-4-5-10-18(17)23(30)32/h4-7,9-11,14,26H,8,12-13,15-16H2,1-3H3,(H,27,33). The molecule has 1 aliphatic rings. The highest BCUT2D eigenvalue weighted by Crippen LogP contribution is 2.25. The average Bonchev–Trinajstić information content (AvgIpc) is 3.25. The second kappa shape index (κ2) is 9.64. The van der Waals surface area contributed by atoms with Gasteiger partial charge >= 0.3 is 6.09 Å². The zero-order valence-corrected chi connectivity index (χ0v) is 19.6. The number of ether oxygens (including phenoxy) is 1. The molecule has 0 radical (unpaired) electrons. The molecule has 9 nitrogen and oxygen atoms in total. The van der Waals surface area contributed by atoms with Gasteiger partial charge in [0.2, 0.25) is 0 Å². The first-order valence-electron chi connectivity index (χ1n) is 11.3. The first-order valence-corrected chi connectivity index (χ1v) is 11.3. The largest absolute Gasteiger partial charge is 0.444 e. The van der Waals surface area contributed by atoms with Crippen molar-refractivity contribution < 1.29 is 19.1 Å². The molecule has 0 unspecified atom stereocenters. The Balaban J connectivity index is 1.39. The van der Waals surface area contributed by atoms with E-state index in [1.54, 1.807) is 24.3 Å². The van der Waals surface area contributed by atoms with Crippen molar-refractivity contribution in [3.63, 3.8) is 0 Å². The third-order valence-electron chi connectivity index (χ3n) is 5.39. The molecule has 2 aromatic heterocycles. The van der Waals surface area contributed by atoms with Gasteiger partial charge < -0.3 is 19.8 Å². The van der Waals surface area contributed by atoms with Gasteiger partial charge in [0.1, 0.15) is 11.2 Å². The number of amides is 3. The lowest BCUT2D eigenvalue weighted by Crippen LogP contribution is -2.34. The van der Waals surface area contributed by atoms with Gasteiger partial charge in [-0.15, -0.1) is 0 Å². The van der Waals surface area contributed by atoms with E-state index < -0.39 is 11.7 Å². The number of carbonyl (C=O) groups excluding carboxylic acids is 3. The summed E-state index contributed by atoms with van der Waals surface area (Å²) >= 11 is 0. The summed E-state index contributed by atoms with van der Waals surface area (Å²) in [6.07, 6.45) is 2.19. The van der Waals surface area contributed by atoms with Crippen LogP contribution < -0.4 is 10.6 Å². The van der Waals surface area contributed by atoms with E-state index in [1.165, 1.54) is 4.90 Å². The van der Waals surface area contributed by atoms with Crippen molar-refractivity contribution >= 4 is 23.6 Å². The quantitative estimate of drug-likeness (QED) is 0.393. The van der Waals surface area contributed by atoms with Crippen molar-refractivity contribution in [2.75, 3.05) is 13.1 Å². The molecular weight excluding hydrogens is 434 g/mol. The number of fused-ring (bicyclic) bond motifs is 2. The Hall–Kier alpha value is -3.72. The molecule has 0 spiro atoms. The van der Waals surface area contributed by atoms with Crippen molar-refractivity contribution in [3.8, 4) is 0 Å². The summed E-state index contributed by atoms with van der Waals surface area (Å²) in [6.45, 7) is 7.21. The zero-order chi connectivity index (χ0) is 24.3. The molecule has 178 valence electrons. The Labute approximate surface area is 198 Å². The number of hydrogen-bond donors (Lipinski definition) is 2. The van der Waals surface area contributed by atoms with E-state index in [0.29, 0.717) is 42.9 Å². The first kappa shape index (κ1) is 23.4. The second-order valence-corrected chi connectivity index (χ2v) is 9.14. The molecule has 0 saturated heterocycles. The lowest BCUT2D eigenvalue weighted by atomic mass is 10.1. The summed E-state index contributed by atoms with van der Waals surface area (Å²) in [4.78, 5) is 43.3. The van der Waals surface area contributed by atoms with Crippen LogP contribution in [0.1, 0.15) is 59.3 Å². The van der Waals surface area contributed by atoms with E-state index in [4.69, 9.17) is 4.74 Å². The van der Waals surface area contributed by atoms with Crippen LogP contribution in [0.2, 0.25) is 0 Å².